The number of benzene rings is 2. The van der Waals surface area contributed by atoms with Gasteiger partial charge in [-0.2, -0.15) is 0 Å². The van der Waals surface area contributed by atoms with Gasteiger partial charge in [-0.15, -0.1) is 0 Å². The van der Waals surface area contributed by atoms with Crippen LogP contribution in [0.4, 0.5) is 0 Å². The highest BCUT2D eigenvalue weighted by molar-refractivity contribution is 7.89. The summed E-state index contributed by atoms with van der Waals surface area (Å²) in [5, 5.41) is 0. The Morgan fingerprint density at radius 3 is 2.23 bits per heavy atom. The predicted octanol–water partition coefficient (Wildman–Crippen LogP) is 2.66. The van der Waals surface area contributed by atoms with Crippen molar-refractivity contribution in [1.82, 2.24) is 9.62 Å². The molecule has 6 nitrogen and oxygen atoms in total. The number of ether oxygens (including phenoxy) is 1. The monoisotopic (exact) mass is 376 g/mol. The van der Waals surface area contributed by atoms with Gasteiger partial charge in [-0.25, -0.2) is 13.1 Å². The van der Waals surface area contributed by atoms with Crippen molar-refractivity contribution >= 4 is 15.9 Å². The first-order valence-corrected chi connectivity index (χ1v) is 9.92. The molecular formula is C19H24N2O4S. The van der Waals surface area contributed by atoms with Gasteiger partial charge in [0.05, 0.1) is 12.0 Å². The van der Waals surface area contributed by atoms with Crippen LogP contribution >= 0.6 is 0 Å². The van der Waals surface area contributed by atoms with E-state index in [0.29, 0.717) is 24.4 Å². The highest BCUT2D eigenvalue weighted by Gasteiger charge is 2.17. The number of sulfonamides is 1. The molecule has 0 fully saturated rings. The van der Waals surface area contributed by atoms with Gasteiger partial charge in [0.1, 0.15) is 5.75 Å². The number of rotatable bonds is 8. The standard InChI is InChI=1S/C19H24N2O4S/c1-4-21(5-2)19(22)15-10-12-17(13-11-15)26(23,24)20-14-16-8-6-7-9-18(16)25-3/h6-13,20H,4-5,14H2,1-3H3. The molecule has 0 aliphatic rings. The van der Waals surface area contributed by atoms with Crippen LogP contribution in [0, 0.1) is 0 Å². The fourth-order valence-electron chi connectivity index (χ4n) is 2.58. The molecule has 2 aromatic carbocycles. The van der Waals surface area contributed by atoms with Crippen LogP contribution in [0.25, 0.3) is 0 Å². The minimum absolute atomic E-state index is 0.110. The maximum Gasteiger partial charge on any atom is 0.253 e. The zero-order valence-corrected chi connectivity index (χ0v) is 16.0. The van der Waals surface area contributed by atoms with Crippen LogP contribution in [0.2, 0.25) is 0 Å². The Balaban J connectivity index is 2.13. The Hall–Kier alpha value is -2.38. The molecule has 2 aromatic rings. The second-order valence-corrected chi connectivity index (χ2v) is 7.41. The van der Waals surface area contributed by atoms with Crippen molar-refractivity contribution in [2.24, 2.45) is 0 Å². The maximum absolute atomic E-state index is 12.5. The van der Waals surface area contributed by atoms with E-state index in [1.54, 1.807) is 24.1 Å². The molecule has 0 bridgehead atoms. The van der Waals surface area contributed by atoms with E-state index in [9.17, 15) is 13.2 Å². The Morgan fingerprint density at radius 2 is 1.65 bits per heavy atom. The SMILES string of the molecule is CCN(CC)C(=O)c1ccc(S(=O)(=O)NCc2ccccc2OC)cc1. The minimum atomic E-state index is -3.69. The first kappa shape index (κ1) is 19.9. The number of methoxy groups -OCH3 is 1. The van der Waals surface area contributed by atoms with Crippen LogP contribution in [-0.4, -0.2) is 39.4 Å². The summed E-state index contributed by atoms with van der Waals surface area (Å²) in [7, 11) is -2.15. The molecule has 140 valence electrons. The normalized spacial score (nSPS) is 11.2. The van der Waals surface area contributed by atoms with Crippen molar-refractivity contribution in [2.75, 3.05) is 20.2 Å². The lowest BCUT2D eigenvalue weighted by molar-refractivity contribution is 0.0773. The largest absolute Gasteiger partial charge is 0.496 e. The van der Waals surface area contributed by atoms with Crippen molar-refractivity contribution in [3.8, 4) is 5.75 Å². The third-order valence-corrected chi connectivity index (χ3v) is 5.52. The Kier molecular flexibility index (Phi) is 6.76. The van der Waals surface area contributed by atoms with Gasteiger partial charge in [-0.1, -0.05) is 18.2 Å². The number of nitrogens with zero attached hydrogens (tertiary/aromatic N) is 1. The van der Waals surface area contributed by atoms with Crippen LogP contribution in [-0.2, 0) is 16.6 Å². The topological polar surface area (TPSA) is 75.7 Å². The number of hydrogen-bond acceptors (Lipinski definition) is 4. The van der Waals surface area contributed by atoms with Crippen molar-refractivity contribution in [2.45, 2.75) is 25.3 Å². The van der Waals surface area contributed by atoms with E-state index >= 15 is 0 Å². The molecule has 7 heteroatoms. The molecule has 0 radical (unpaired) electrons. The molecule has 1 amide bonds. The number of amides is 1. The van der Waals surface area contributed by atoms with Gasteiger partial charge in [0.25, 0.3) is 5.91 Å². The van der Waals surface area contributed by atoms with Crippen LogP contribution in [0.3, 0.4) is 0 Å². The van der Waals surface area contributed by atoms with E-state index < -0.39 is 10.0 Å². The summed E-state index contributed by atoms with van der Waals surface area (Å²) in [6, 6.07) is 13.2. The molecule has 0 unspecified atom stereocenters. The lowest BCUT2D eigenvalue weighted by Crippen LogP contribution is -2.30. The van der Waals surface area contributed by atoms with Crippen LogP contribution < -0.4 is 9.46 Å². The minimum Gasteiger partial charge on any atom is -0.496 e. The Morgan fingerprint density at radius 1 is 1.04 bits per heavy atom. The van der Waals surface area contributed by atoms with E-state index in [1.165, 1.54) is 24.3 Å². The summed E-state index contributed by atoms with van der Waals surface area (Å²) < 4.78 is 32.8. The second-order valence-electron chi connectivity index (χ2n) is 5.64. The molecule has 0 saturated carbocycles. The van der Waals surface area contributed by atoms with Gasteiger partial charge in [-0.05, 0) is 44.2 Å². The lowest BCUT2D eigenvalue weighted by Gasteiger charge is -2.18. The number of hydrogen-bond donors (Lipinski definition) is 1. The van der Waals surface area contributed by atoms with E-state index in [0.717, 1.165) is 5.56 Å². The molecule has 0 aliphatic carbocycles. The van der Waals surface area contributed by atoms with Gasteiger partial charge < -0.3 is 9.64 Å². The first-order chi connectivity index (χ1) is 12.4. The number of nitrogens with one attached hydrogen (secondary N) is 1. The van der Waals surface area contributed by atoms with Crippen molar-refractivity contribution < 1.29 is 17.9 Å². The zero-order chi connectivity index (χ0) is 19.2. The first-order valence-electron chi connectivity index (χ1n) is 8.43. The fraction of sp³-hybridized carbons (Fsp3) is 0.316. The number of para-hydroxylation sites is 1. The van der Waals surface area contributed by atoms with Crippen LogP contribution in [0.15, 0.2) is 53.4 Å². The summed E-state index contributed by atoms with van der Waals surface area (Å²) in [6.07, 6.45) is 0. The summed E-state index contributed by atoms with van der Waals surface area (Å²) in [4.78, 5) is 14.1. The van der Waals surface area contributed by atoms with Gasteiger partial charge in [0.15, 0.2) is 0 Å². The zero-order valence-electron chi connectivity index (χ0n) is 15.2. The summed E-state index contributed by atoms with van der Waals surface area (Å²) >= 11 is 0. The molecule has 1 N–H and O–H groups in total. The molecule has 0 aromatic heterocycles. The van der Waals surface area contributed by atoms with Gasteiger partial charge >= 0.3 is 0 Å². The molecule has 0 spiro atoms. The van der Waals surface area contributed by atoms with E-state index in [4.69, 9.17) is 4.74 Å². The van der Waals surface area contributed by atoms with Gasteiger partial charge in [0.2, 0.25) is 10.0 Å². The van der Waals surface area contributed by atoms with Crippen molar-refractivity contribution in [3.05, 3.63) is 59.7 Å². The fourth-order valence-corrected chi connectivity index (χ4v) is 3.58. The molecule has 0 saturated heterocycles. The average Bonchev–Trinajstić information content (AvgIpc) is 2.67. The second kappa shape index (κ2) is 8.82. The van der Waals surface area contributed by atoms with Crippen molar-refractivity contribution in [1.29, 1.82) is 0 Å². The van der Waals surface area contributed by atoms with Gasteiger partial charge in [-0.3, -0.25) is 4.79 Å². The molecule has 26 heavy (non-hydrogen) atoms. The molecule has 0 aliphatic heterocycles. The van der Waals surface area contributed by atoms with Crippen LogP contribution in [0.5, 0.6) is 5.75 Å². The smallest absolute Gasteiger partial charge is 0.253 e. The molecule has 0 atom stereocenters. The van der Waals surface area contributed by atoms with Gasteiger partial charge in [0, 0.05) is 30.8 Å². The quantitative estimate of drug-likeness (QED) is 0.768. The summed E-state index contributed by atoms with van der Waals surface area (Å²) in [6.45, 7) is 5.14. The highest BCUT2D eigenvalue weighted by Crippen LogP contribution is 2.18. The third-order valence-electron chi connectivity index (χ3n) is 4.11. The maximum atomic E-state index is 12.5. The Bertz CT molecular complexity index is 844. The van der Waals surface area contributed by atoms with E-state index in [2.05, 4.69) is 4.72 Å². The summed E-state index contributed by atoms with van der Waals surface area (Å²) in [5.74, 6) is 0.510. The average molecular weight is 376 g/mol. The number of carbonyl (C=O) groups is 1. The van der Waals surface area contributed by atoms with E-state index in [-0.39, 0.29) is 17.3 Å². The Labute approximate surface area is 154 Å². The van der Waals surface area contributed by atoms with E-state index in [1.807, 2.05) is 26.0 Å². The molecular weight excluding hydrogens is 352 g/mol. The van der Waals surface area contributed by atoms with Crippen LogP contribution in [0.1, 0.15) is 29.8 Å². The lowest BCUT2D eigenvalue weighted by atomic mass is 10.2. The molecule has 2 rings (SSSR count). The molecule has 0 heterocycles. The van der Waals surface area contributed by atoms with Crippen molar-refractivity contribution in [3.63, 3.8) is 0 Å². The summed E-state index contributed by atoms with van der Waals surface area (Å²) in [5.41, 5.74) is 1.21. The predicted molar refractivity (Wildman–Crippen MR) is 101 cm³/mol. The third kappa shape index (κ3) is 4.62. The highest BCUT2D eigenvalue weighted by atomic mass is 32.2. The number of carbonyl (C=O) groups excluding carboxylic acids is 1.